The van der Waals surface area contributed by atoms with Crippen molar-refractivity contribution >= 4 is 11.9 Å². The first kappa shape index (κ1) is 17.3. The zero-order valence-corrected chi connectivity index (χ0v) is 11.3. The molecule has 0 aromatic carbocycles. The fraction of sp³-hybridized carbons (Fsp3) is 0.833. The summed E-state index contributed by atoms with van der Waals surface area (Å²) in [4.78, 5) is 22.3. The molecule has 0 saturated carbocycles. The van der Waals surface area contributed by atoms with E-state index in [4.69, 9.17) is 4.74 Å². The Morgan fingerprint density at radius 1 is 1.25 bits per heavy atom. The molecule has 96 valence electrons. The van der Waals surface area contributed by atoms with Gasteiger partial charge in [0.2, 0.25) is 0 Å². The summed E-state index contributed by atoms with van der Waals surface area (Å²) < 4.78 is 4.71. The molecule has 0 radical (unpaired) electrons. The number of rotatable bonds is 5. The van der Waals surface area contributed by atoms with Crippen molar-refractivity contribution in [2.45, 2.75) is 54.0 Å². The lowest BCUT2D eigenvalue weighted by molar-refractivity contribution is -0.120. The van der Waals surface area contributed by atoms with Gasteiger partial charge in [-0.05, 0) is 19.8 Å². The van der Waals surface area contributed by atoms with E-state index >= 15 is 0 Å². The molecule has 0 spiro atoms. The first-order chi connectivity index (χ1) is 7.52. The quantitative estimate of drug-likeness (QED) is 0.791. The van der Waals surface area contributed by atoms with Crippen LogP contribution in [0.25, 0.3) is 0 Å². The van der Waals surface area contributed by atoms with E-state index in [1.165, 1.54) is 6.92 Å². The van der Waals surface area contributed by atoms with E-state index in [-0.39, 0.29) is 11.7 Å². The summed E-state index contributed by atoms with van der Waals surface area (Å²) in [7, 11) is 0. The molecule has 0 aromatic rings. The molecule has 0 saturated heterocycles. The Bertz CT molecular complexity index is 204. The fourth-order valence-electron chi connectivity index (χ4n) is 1.18. The van der Waals surface area contributed by atoms with E-state index in [1.807, 2.05) is 27.7 Å². The number of alkyl carbamates (subject to hydrolysis) is 1. The Balaban J connectivity index is 0. The van der Waals surface area contributed by atoms with Gasteiger partial charge in [-0.2, -0.15) is 0 Å². The number of ketones is 1. The SMILES string of the molecule is CC.CCOC(=O)NC(C(C)=O)C(C)CC. The molecule has 2 unspecified atom stereocenters. The maximum Gasteiger partial charge on any atom is 0.407 e. The molecule has 4 nitrogen and oxygen atoms in total. The van der Waals surface area contributed by atoms with Crippen LogP contribution in [0.2, 0.25) is 0 Å². The second kappa shape index (κ2) is 10.5. The summed E-state index contributed by atoms with van der Waals surface area (Å²) in [6.07, 6.45) is 0.324. The van der Waals surface area contributed by atoms with Gasteiger partial charge < -0.3 is 10.1 Å². The van der Waals surface area contributed by atoms with Gasteiger partial charge in [0, 0.05) is 0 Å². The lowest BCUT2D eigenvalue weighted by atomic mass is 9.96. The van der Waals surface area contributed by atoms with Gasteiger partial charge in [0.05, 0.1) is 12.6 Å². The first-order valence-electron chi connectivity index (χ1n) is 5.96. The minimum absolute atomic E-state index is 0.0348. The Hall–Kier alpha value is -1.06. The van der Waals surface area contributed by atoms with E-state index in [1.54, 1.807) is 6.92 Å². The standard InChI is InChI=1S/C10H19NO3.C2H6/c1-5-7(3)9(8(4)12)11-10(13)14-6-2;1-2/h7,9H,5-6H2,1-4H3,(H,11,13);1-2H3. The molecule has 1 amide bonds. The predicted octanol–water partition coefficient (Wildman–Crippen LogP) is 2.76. The first-order valence-corrected chi connectivity index (χ1v) is 5.96. The van der Waals surface area contributed by atoms with Gasteiger partial charge in [-0.3, -0.25) is 4.79 Å². The van der Waals surface area contributed by atoms with Crippen molar-refractivity contribution in [1.29, 1.82) is 0 Å². The monoisotopic (exact) mass is 231 g/mol. The Labute approximate surface area is 98.7 Å². The number of carbonyl (C=O) groups excluding carboxylic acids is 2. The third-order valence-corrected chi connectivity index (χ3v) is 2.20. The highest BCUT2D eigenvalue weighted by Crippen LogP contribution is 2.08. The molecule has 0 aromatic heterocycles. The normalized spacial score (nSPS) is 12.9. The molecule has 0 bridgehead atoms. The van der Waals surface area contributed by atoms with Crippen molar-refractivity contribution in [3.05, 3.63) is 0 Å². The molecule has 16 heavy (non-hydrogen) atoms. The van der Waals surface area contributed by atoms with Crippen LogP contribution in [0.5, 0.6) is 0 Å². The smallest absolute Gasteiger partial charge is 0.407 e. The molecular weight excluding hydrogens is 206 g/mol. The van der Waals surface area contributed by atoms with E-state index in [0.29, 0.717) is 6.61 Å². The number of Topliss-reactive ketones (excluding diaryl/α,β-unsaturated/α-hetero) is 1. The predicted molar refractivity (Wildman–Crippen MR) is 65.4 cm³/mol. The lowest BCUT2D eigenvalue weighted by Crippen LogP contribution is -2.44. The van der Waals surface area contributed by atoms with Crippen LogP contribution in [0.3, 0.4) is 0 Å². The number of hydrogen-bond donors (Lipinski definition) is 1. The summed E-state index contributed by atoms with van der Waals surface area (Å²) >= 11 is 0. The van der Waals surface area contributed by atoms with Crippen molar-refractivity contribution < 1.29 is 14.3 Å². The van der Waals surface area contributed by atoms with Crippen LogP contribution in [-0.4, -0.2) is 24.5 Å². The van der Waals surface area contributed by atoms with Crippen molar-refractivity contribution in [3.8, 4) is 0 Å². The van der Waals surface area contributed by atoms with Gasteiger partial charge in [0.1, 0.15) is 0 Å². The number of nitrogens with one attached hydrogen (secondary N) is 1. The number of hydrogen-bond acceptors (Lipinski definition) is 3. The van der Waals surface area contributed by atoms with Gasteiger partial charge in [-0.25, -0.2) is 4.79 Å². The van der Waals surface area contributed by atoms with Crippen LogP contribution in [0, 0.1) is 5.92 Å². The van der Waals surface area contributed by atoms with E-state index in [2.05, 4.69) is 5.32 Å². The van der Waals surface area contributed by atoms with Crippen LogP contribution in [-0.2, 0) is 9.53 Å². The minimum atomic E-state index is -0.520. The highest BCUT2D eigenvalue weighted by molar-refractivity contribution is 5.85. The average Bonchev–Trinajstić information content (AvgIpc) is 2.27. The summed E-state index contributed by atoms with van der Waals surface area (Å²) in [6, 6.07) is -0.431. The maximum absolute atomic E-state index is 11.2. The highest BCUT2D eigenvalue weighted by Gasteiger charge is 2.22. The molecule has 0 aliphatic heterocycles. The van der Waals surface area contributed by atoms with E-state index < -0.39 is 12.1 Å². The van der Waals surface area contributed by atoms with E-state index in [9.17, 15) is 9.59 Å². The lowest BCUT2D eigenvalue weighted by Gasteiger charge is -2.20. The number of ether oxygens (including phenoxy) is 1. The van der Waals surface area contributed by atoms with Crippen molar-refractivity contribution in [3.63, 3.8) is 0 Å². The molecule has 0 heterocycles. The van der Waals surface area contributed by atoms with Crippen LogP contribution >= 0.6 is 0 Å². The average molecular weight is 231 g/mol. The summed E-state index contributed by atoms with van der Waals surface area (Å²) in [5.41, 5.74) is 0. The largest absolute Gasteiger partial charge is 0.450 e. The summed E-state index contributed by atoms with van der Waals surface area (Å²) in [5, 5.41) is 2.56. The molecule has 0 fully saturated rings. The zero-order valence-electron chi connectivity index (χ0n) is 11.3. The van der Waals surface area contributed by atoms with Crippen molar-refractivity contribution in [2.24, 2.45) is 5.92 Å². The number of carbonyl (C=O) groups is 2. The third-order valence-electron chi connectivity index (χ3n) is 2.20. The van der Waals surface area contributed by atoms with Gasteiger partial charge in [-0.1, -0.05) is 34.1 Å². The second-order valence-corrected chi connectivity index (χ2v) is 3.34. The molecule has 4 heteroatoms. The Morgan fingerprint density at radius 2 is 1.75 bits per heavy atom. The molecular formula is C12H25NO3. The van der Waals surface area contributed by atoms with Crippen molar-refractivity contribution in [2.75, 3.05) is 6.61 Å². The van der Waals surface area contributed by atoms with Gasteiger partial charge in [0.15, 0.2) is 5.78 Å². The van der Waals surface area contributed by atoms with Crippen LogP contribution in [0.1, 0.15) is 48.0 Å². The maximum atomic E-state index is 11.2. The molecule has 0 aliphatic rings. The Morgan fingerprint density at radius 3 is 2.06 bits per heavy atom. The topological polar surface area (TPSA) is 55.4 Å². The summed E-state index contributed by atoms with van der Waals surface area (Å²) in [5.74, 6) is 0.101. The molecule has 2 atom stereocenters. The van der Waals surface area contributed by atoms with Crippen LogP contribution < -0.4 is 5.32 Å². The fourth-order valence-corrected chi connectivity index (χ4v) is 1.18. The molecule has 0 rings (SSSR count). The van der Waals surface area contributed by atoms with Gasteiger partial charge >= 0.3 is 6.09 Å². The van der Waals surface area contributed by atoms with Crippen LogP contribution in [0.4, 0.5) is 4.79 Å². The minimum Gasteiger partial charge on any atom is -0.450 e. The van der Waals surface area contributed by atoms with Gasteiger partial charge in [-0.15, -0.1) is 0 Å². The zero-order chi connectivity index (χ0) is 13.1. The second-order valence-electron chi connectivity index (χ2n) is 3.34. The van der Waals surface area contributed by atoms with Gasteiger partial charge in [0.25, 0.3) is 0 Å². The Kier molecular flexibility index (Phi) is 11.3. The summed E-state index contributed by atoms with van der Waals surface area (Å²) in [6.45, 7) is 11.4. The highest BCUT2D eigenvalue weighted by atomic mass is 16.5. The van der Waals surface area contributed by atoms with Crippen molar-refractivity contribution in [1.82, 2.24) is 5.32 Å². The molecule has 1 N–H and O–H groups in total. The number of amides is 1. The van der Waals surface area contributed by atoms with Crippen LogP contribution in [0.15, 0.2) is 0 Å². The van der Waals surface area contributed by atoms with E-state index in [0.717, 1.165) is 6.42 Å². The molecule has 0 aliphatic carbocycles. The third kappa shape index (κ3) is 7.26.